The average Bonchev–Trinajstić information content (AvgIpc) is 2.83. The van der Waals surface area contributed by atoms with Gasteiger partial charge in [0.15, 0.2) is 0 Å². The van der Waals surface area contributed by atoms with Crippen molar-refractivity contribution in [3.63, 3.8) is 0 Å². The van der Waals surface area contributed by atoms with Gasteiger partial charge >= 0.3 is 0 Å². The Morgan fingerprint density at radius 3 is 2.89 bits per heavy atom. The maximum atomic E-state index is 4.37. The van der Waals surface area contributed by atoms with Crippen molar-refractivity contribution in [2.45, 2.75) is 26.6 Å². The van der Waals surface area contributed by atoms with Gasteiger partial charge in [-0.15, -0.1) is 0 Å². The summed E-state index contributed by atoms with van der Waals surface area (Å²) in [5.74, 6) is 1.07. The van der Waals surface area contributed by atoms with Crippen LogP contribution in [0.4, 0.5) is 5.69 Å². The zero-order chi connectivity index (χ0) is 13.7. The van der Waals surface area contributed by atoms with Crippen molar-refractivity contribution in [1.29, 1.82) is 0 Å². The van der Waals surface area contributed by atoms with Crippen LogP contribution < -0.4 is 5.32 Å². The van der Waals surface area contributed by atoms with Gasteiger partial charge in [-0.25, -0.2) is 4.98 Å². The van der Waals surface area contributed by atoms with E-state index in [-0.39, 0.29) is 0 Å². The summed E-state index contributed by atoms with van der Waals surface area (Å²) in [6, 6.07) is 8.53. The highest BCUT2D eigenvalue weighted by Gasteiger charge is 2.02. The van der Waals surface area contributed by atoms with E-state index in [9.17, 15) is 0 Å². The Labute approximate surface area is 115 Å². The number of hydrogen-bond donors (Lipinski definition) is 1. The minimum Gasteiger partial charge on any atom is -0.378 e. The molecule has 0 bridgehead atoms. The fourth-order valence-electron chi connectivity index (χ4n) is 2.12. The first-order chi connectivity index (χ1) is 9.19. The molecule has 0 aliphatic carbocycles. The van der Waals surface area contributed by atoms with Gasteiger partial charge in [0.2, 0.25) is 0 Å². The summed E-state index contributed by atoms with van der Waals surface area (Å²) < 4.78 is 2.15. The zero-order valence-corrected chi connectivity index (χ0v) is 11.9. The molecule has 0 saturated heterocycles. The van der Waals surface area contributed by atoms with E-state index in [4.69, 9.17) is 0 Å². The number of anilines is 1. The number of aromatic nitrogens is 2. The zero-order valence-electron chi connectivity index (χ0n) is 11.9. The first kappa shape index (κ1) is 13.6. The predicted molar refractivity (Wildman–Crippen MR) is 79.1 cm³/mol. The molecule has 1 aromatic carbocycles. The van der Waals surface area contributed by atoms with Crippen molar-refractivity contribution < 1.29 is 0 Å². The highest BCUT2D eigenvalue weighted by atomic mass is 15.1. The van der Waals surface area contributed by atoms with Crippen LogP contribution in [0.2, 0.25) is 0 Å². The molecule has 2 aromatic rings. The molecule has 0 aliphatic heterocycles. The van der Waals surface area contributed by atoms with E-state index in [1.807, 2.05) is 12.4 Å². The average molecular weight is 258 g/mol. The van der Waals surface area contributed by atoms with E-state index in [1.165, 1.54) is 5.56 Å². The first-order valence-electron chi connectivity index (χ1n) is 6.66. The van der Waals surface area contributed by atoms with Crippen molar-refractivity contribution in [2.75, 3.05) is 19.4 Å². The normalized spacial score (nSPS) is 10.9. The molecule has 1 N–H and O–H groups in total. The van der Waals surface area contributed by atoms with Crippen LogP contribution in [-0.4, -0.2) is 28.5 Å². The van der Waals surface area contributed by atoms with E-state index in [1.54, 1.807) is 0 Å². The van der Waals surface area contributed by atoms with Crippen LogP contribution in [0.5, 0.6) is 0 Å². The first-order valence-corrected chi connectivity index (χ1v) is 6.66. The number of imidazole rings is 1. The predicted octanol–water partition coefficient (Wildman–Crippen LogP) is 2.58. The molecule has 0 atom stereocenters. The number of nitrogens with zero attached hydrogens (tertiary/aromatic N) is 3. The van der Waals surface area contributed by atoms with E-state index >= 15 is 0 Å². The Kier molecular flexibility index (Phi) is 4.58. The van der Waals surface area contributed by atoms with Gasteiger partial charge in [0.1, 0.15) is 5.82 Å². The van der Waals surface area contributed by atoms with Gasteiger partial charge in [0.25, 0.3) is 0 Å². The maximum Gasteiger partial charge on any atom is 0.128 e. The third-order valence-electron chi connectivity index (χ3n) is 3.02. The highest BCUT2D eigenvalue weighted by molar-refractivity contribution is 5.45. The Morgan fingerprint density at radius 1 is 1.32 bits per heavy atom. The van der Waals surface area contributed by atoms with Crippen LogP contribution in [0.25, 0.3) is 0 Å². The lowest BCUT2D eigenvalue weighted by Gasteiger charge is -2.12. The maximum absolute atomic E-state index is 4.37. The third-order valence-corrected chi connectivity index (χ3v) is 3.02. The minimum atomic E-state index is 0.756. The summed E-state index contributed by atoms with van der Waals surface area (Å²) in [6.45, 7) is 4.80. The van der Waals surface area contributed by atoms with Gasteiger partial charge in [0, 0.05) is 31.2 Å². The van der Waals surface area contributed by atoms with Crippen LogP contribution in [-0.2, 0) is 19.6 Å². The lowest BCUT2D eigenvalue weighted by molar-refractivity contribution is 0.402. The van der Waals surface area contributed by atoms with Gasteiger partial charge in [-0.2, -0.15) is 0 Å². The van der Waals surface area contributed by atoms with Crippen molar-refractivity contribution in [2.24, 2.45) is 0 Å². The Hall–Kier alpha value is -1.81. The molecule has 4 heteroatoms. The van der Waals surface area contributed by atoms with Crippen LogP contribution >= 0.6 is 0 Å². The fraction of sp³-hybridized carbons (Fsp3) is 0.400. The number of benzene rings is 1. The Balaban J connectivity index is 1.99. The van der Waals surface area contributed by atoms with E-state index in [0.717, 1.165) is 31.1 Å². The SMILES string of the molecule is CCn1ccnc1CNc1cccc(CN(C)C)c1. The van der Waals surface area contributed by atoms with Crippen LogP contribution in [0.15, 0.2) is 36.7 Å². The third kappa shape index (κ3) is 3.83. The summed E-state index contributed by atoms with van der Waals surface area (Å²) >= 11 is 0. The van der Waals surface area contributed by atoms with Crippen molar-refractivity contribution >= 4 is 5.69 Å². The molecule has 19 heavy (non-hydrogen) atoms. The van der Waals surface area contributed by atoms with E-state index in [2.05, 4.69) is 65.1 Å². The molecular formula is C15H22N4. The molecule has 4 nitrogen and oxygen atoms in total. The number of aryl methyl sites for hydroxylation is 1. The van der Waals surface area contributed by atoms with Crippen molar-refractivity contribution in [1.82, 2.24) is 14.5 Å². The van der Waals surface area contributed by atoms with E-state index < -0.39 is 0 Å². The summed E-state index contributed by atoms with van der Waals surface area (Å²) in [4.78, 5) is 6.53. The molecule has 0 saturated carbocycles. The van der Waals surface area contributed by atoms with Crippen LogP contribution in [0, 0.1) is 0 Å². The largest absolute Gasteiger partial charge is 0.378 e. The molecule has 0 spiro atoms. The van der Waals surface area contributed by atoms with Gasteiger partial charge in [-0.3, -0.25) is 0 Å². The number of nitrogens with one attached hydrogen (secondary N) is 1. The molecule has 2 rings (SSSR count). The summed E-state index contributed by atoms with van der Waals surface area (Å²) in [5.41, 5.74) is 2.46. The van der Waals surface area contributed by atoms with Gasteiger partial charge in [-0.1, -0.05) is 12.1 Å². The second-order valence-electron chi connectivity index (χ2n) is 4.92. The monoisotopic (exact) mass is 258 g/mol. The molecule has 0 unspecified atom stereocenters. The second kappa shape index (κ2) is 6.38. The minimum absolute atomic E-state index is 0.756. The van der Waals surface area contributed by atoms with Crippen molar-refractivity contribution in [3.8, 4) is 0 Å². The topological polar surface area (TPSA) is 33.1 Å². The van der Waals surface area contributed by atoms with E-state index in [0.29, 0.717) is 0 Å². The van der Waals surface area contributed by atoms with Gasteiger partial charge in [0.05, 0.1) is 6.54 Å². The summed E-state index contributed by atoms with van der Waals surface area (Å²) in [5, 5.41) is 3.43. The molecule has 0 fully saturated rings. The quantitative estimate of drug-likeness (QED) is 0.864. The fourth-order valence-corrected chi connectivity index (χ4v) is 2.12. The number of hydrogen-bond acceptors (Lipinski definition) is 3. The second-order valence-corrected chi connectivity index (χ2v) is 4.92. The molecule has 0 amide bonds. The smallest absolute Gasteiger partial charge is 0.128 e. The molecular weight excluding hydrogens is 236 g/mol. The Morgan fingerprint density at radius 2 is 2.16 bits per heavy atom. The van der Waals surface area contributed by atoms with Crippen LogP contribution in [0.3, 0.4) is 0 Å². The molecule has 0 radical (unpaired) electrons. The van der Waals surface area contributed by atoms with Crippen LogP contribution in [0.1, 0.15) is 18.3 Å². The molecule has 1 heterocycles. The Bertz CT molecular complexity index is 516. The molecule has 102 valence electrons. The lowest BCUT2D eigenvalue weighted by atomic mass is 10.2. The van der Waals surface area contributed by atoms with Gasteiger partial charge < -0.3 is 14.8 Å². The van der Waals surface area contributed by atoms with Gasteiger partial charge in [-0.05, 0) is 38.7 Å². The highest BCUT2D eigenvalue weighted by Crippen LogP contribution is 2.13. The number of rotatable bonds is 6. The summed E-state index contributed by atoms with van der Waals surface area (Å²) in [6.07, 6.45) is 3.86. The van der Waals surface area contributed by atoms with Crippen molar-refractivity contribution in [3.05, 3.63) is 48.0 Å². The lowest BCUT2D eigenvalue weighted by Crippen LogP contribution is -2.11. The molecule has 1 aromatic heterocycles. The summed E-state index contributed by atoms with van der Waals surface area (Å²) in [7, 11) is 4.16. The standard InChI is InChI=1S/C15H22N4/c1-4-19-9-8-16-15(19)11-17-14-7-5-6-13(10-14)12-18(2)3/h5-10,17H,4,11-12H2,1-3H3. The molecule has 0 aliphatic rings.